The summed E-state index contributed by atoms with van der Waals surface area (Å²) < 4.78 is 0. The number of aromatic carboxylic acids is 1. The lowest BCUT2D eigenvalue weighted by Gasteiger charge is -2.34. The number of carbonyl (C=O) groups is 1. The number of hydrogen-bond donors (Lipinski definition) is 1. The third-order valence-corrected chi connectivity index (χ3v) is 3.95. The van der Waals surface area contributed by atoms with Gasteiger partial charge in [0.1, 0.15) is 11.4 Å². The maximum absolute atomic E-state index is 11.6. The lowest BCUT2D eigenvalue weighted by molar-refractivity contribution is 0.0696. The van der Waals surface area contributed by atoms with Gasteiger partial charge in [0, 0.05) is 18.4 Å². The molecule has 4 heteroatoms. The van der Waals surface area contributed by atoms with Crippen LogP contribution in [0.25, 0.3) is 0 Å². The predicted octanol–water partition coefficient (Wildman–Crippen LogP) is 3.42. The minimum atomic E-state index is -0.925. The highest BCUT2D eigenvalue weighted by molar-refractivity contribution is 5.96. The van der Waals surface area contributed by atoms with Gasteiger partial charge in [0.2, 0.25) is 0 Å². The second-order valence-electron chi connectivity index (χ2n) is 5.68. The highest BCUT2D eigenvalue weighted by Gasteiger charge is 2.27. The van der Waals surface area contributed by atoms with Crippen LogP contribution >= 0.6 is 0 Å². The zero-order chi connectivity index (χ0) is 15.0. The van der Waals surface area contributed by atoms with Crippen LogP contribution in [-0.4, -0.2) is 22.6 Å². The van der Waals surface area contributed by atoms with E-state index in [9.17, 15) is 9.90 Å². The minimum absolute atomic E-state index is 0.293. The van der Waals surface area contributed by atoms with Crippen molar-refractivity contribution in [1.29, 1.82) is 0 Å². The summed E-state index contributed by atoms with van der Waals surface area (Å²) >= 11 is 0. The molecule has 1 unspecified atom stereocenters. The number of para-hydroxylation sites is 1. The molecule has 0 saturated heterocycles. The minimum Gasteiger partial charge on any atom is -0.478 e. The van der Waals surface area contributed by atoms with E-state index < -0.39 is 5.97 Å². The van der Waals surface area contributed by atoms with Crippen molar-refractivity contribution < 1.29 is 9.90 Å². The molecule has 0 aliphatic carbocycles. The predicted molar refractivity (Wildman–Crippen MR) is 82.2 cm³/mol. The molecule has 21 heavy (non-hydrogen) atoms. The molecule has 1 aromatic heterocycles. The van der Waals surface area contributed by atoms with Gasteiger partial charge in [0.15, 0.2) is 0 Å². The van der Waals surface area contributed by atoms with Crippen LogP contribution in [0.5, 0.6) is 0 Å². The molecule has 108 valence electrons. The topological polar surface area (TPSA) is 53.4 Å². The largest absolute Gasteiger partial charge is 0.478 e. The molecule has 1 aromatic carbocycles. The highest BCUT2D eigenvalue weighted by atomic mass is 16.4. The van der Waals surface area contributed by atoms with Crippen LogP contribution in [-0.2, 0) is 6.42 Å². The number of fused-ring (bicyclic) bond motifs is 1. The van der Waals surface area contributed by atoms with Crippen LogP contribution < -0.4 is 4.90 Å². The summed E-state index contributed by atoms with van der Waals surface area (Å²) in [5.41, 5.74) is 3.34. The van der Waals surface area contributed by atoms with E-state index in [0.29, 0.717) is 17.3 Å². The molecule has 0 spiro atoms. The molecule has 0 amide bonds. The number of aryl methyl sites for hydroxylation is 1. The van der Waals surface area contributed by atoms with Gasteiger partial charge in [-0.3, -0.25) is 0 Å². The Labute approximate surface area is 124 Å². The van der Waals surface area contributed by atoms with Crippen LogP contribution in [0.2, 0.25) is 0 Å². The summed E-state index contributed by atoms with van der Waals surface area (Å²) in [6.45, 7) is 4.78. The normalized spacial score (nSPS) is 17.4. The number of benzene rings is 1. The van der Waals surface area contributed by atoms with Crippen LogP contribution in [0.4, 0.5) is 11.5 Å². The smallest absolute Gasteiger partial charge is 0.339 e. The van der Waals surface area contributed by atoms with Gasteiger partial charge in [-0.25, -0.2) is 9.78 Å². The lowest BCUT2D eigenvalue weighted by Crippen LogP contribution is -2.32. The quantitative estimate of drug-likeness (QED) is 0.917. The number of rotatable bonds is 2. The Morgan fingerprint density at radius 1 is 1.33 bits per heavy atom. The van der Waals surface area contributed by atoms with E-state index in [4.69, 9.17) is 0 Å². The number of carboxylic acid groups (broad SMARTS) is 1. The van der Waals surface area contributed by atoms with Gasteiger partial charge in [0.25, 0.3) is 0 Å². The fourth-order valence-electron chi connectivity index (χ4n) is 3.01. The number of nitrogens with zero attached hydrogens (tertiary/aromatic N) is 2. The first kappa shape index (κ1) is 13.6. The Morgan fingerprint density at radius 2 is 2.10 bits per heavy atom. The third kappa shape index (κ3) is 2.37. The van der Waals surface area contributed by atoms with Gasteiger partial charge >= 0.3 is 5.97 Å². The Kier molecular flexibility index (Phi) is 3.37. The second kappa shape index (κ2) is 5.20. The summed E-state index contributed by atoms with van der Waals surface area (Å²) in [5, 5.41) is 9.52. The maximum atomic E-state index is 11.6. The molecule has 0 bridgehead atoms. The summed E-state index contributed by atoms with van der Waals surface area (Å²) in [6, 6.07) is 9.90. The van der Waals surface area contributed by atoms with Gasteiger partial charge in [-0.2, -0.15) is 0 Å². The average Bonchev–Trinajstić information content (AvgIpc) is 2.45. The van der Waals surface area contributed by atoms with Crippen molar-refractivity contribution in [2.75, 3.05) is 11.4 Å². The van der Waals surface area contributed by atoms with E-state index in [1.165, 1.54) is 5.56 Å². The summed E-state index contributed by atoms with van der Waals surface area (Å²) in [7, 11) is 0. The van der Waals surface area contributed by atoms with Crippen LogP contribution in [0.3, 0.4) is 0 Å². The lowest BCUT2D eigenvalue weighted by atomic mass is 9.93. The summed E-state index contributed by atoms with van der Waals surface area (Å²) in [5.74, 6) is 0.0802. The maximum Gasteiger partial charge on any atom is 0.339 e. The van der Waals surface area contributed by atoms with E-state index in [1.807, 2.05) is 30.0 Å². The monoisotopic (exact) mass is 282 g/mol. The van der Waals surface area contributed by atoms with E-state index >= 15 is 0 Å². The second-order valence-corrected chi connectivity index (χ2v) is 5.68. The molecule has 1 aliphatic heterocycles. The Bertz CT molecular complexity index is 697. The molecule has 1 atom stereocenters. The van der Waals surface area contributed by atoms with E-state index in [2.05, 4.69) is 18.0 Å². The molecule has 2 heterocycles. The average molecular weight is 282 g/mol. The van der Waals surface area contributed by atoms with Gasteiger partial charge in [-0.15, -0.1) is 0 Å². The molecule has 0 fully saturated rings. The zero-order valence-corrected chi connectivity index (χ0v) is 12.2. The van der Waals surface area contributed by atoms with Crippen molar-refractivity contribution in [3.05, 3.63) is 53.2 Å². The van der Waals surface area contributed by atoms with Gasteiger partial charge in [0.05, 0.1) is 0 Å². The van der Waals surface area contributed by atoms with E-state index in [-0.39, 0.29) is 0 Å². The van der Waals surface area contributed by atoms with Gasteiger partial charge in [-0.1, -0.05) is 25.1 Å². The summed E-state index contributed by atoms with van der Waals surface area (Å²) in [4.78, 5) is 18.0. The molecular weight excluding hydrogens is 264 g/mol. The van der Waals surface area contributed by atoms with E-state index in [0.717, 1.165) is 24.2 Å². The Morgan fingerprint density at radius 3 is 2.86 bits per heavy atom. The number of carboxylic acids is 1. The highest BCUT2D eigenvalue weighted by Crippen LogP contribution is 2.36. The van der Waals surface area contributed by atoms with Gasteiger partial charge in [-0.05, 0) is 42.5 Å². The molecular formula is C17H18N2O2. The molecule has 3 rings (SSSR count). The third-order valence-electron chi connectivity index (χ3n) is 3.95. The number of hydrogen-bond acceptors (Lipinski definition) is 3. The van der Waals surface area contributed by atoms with Crippen LogP contribution in [0.1, 0.15) is 28.4 Å². The Balaban J connectivity index is 2.18. The fraction of sp³-hybridized carbons (Fsp3) is 0.294. The van der Waals surface area contributed by atoms with Crippen LogP contribution in [0.15, 0.2) is 36.5 Å². The fourth-order valence-corrected chi connectivity index (χ4v) is 3.01. The molecule has 1 aliphatic rings. The van der Waals surface area contributed by atoms with Crippen molar-refractivity contribution in [3.8, 4) is 0 Å². The first-order valence-corrected chi connectivity index (χ1v) is 7.12. The molecule has 2 aromatic rings. The number of aromatic nitrogens is 1. The van der Waals surface area contributed by atoms with Crippen molar-refractivity contribution in [1.82, 2.24) is 4.98 Å². The number of anilines is 2. The molecule has 0 radical (unpaired) electrons. The first-order chi connectivity index (χ1) is 10.1. The van der Waals surface area contributed by atoms with Crippen molar-refractivity contribution >= 4 is 17.5 Å². The molecule has 0 saturated carbocycles. The number of pyridine rings is 1. The Hall–Kier alpha value is -2.36. The van der Waals surface area contributed by atoms with Crippen molar-refractivity contribution in [3.63, 3.8) is 0 Å². The zero-order valence-electron chi connectivity index (χ0n) is 12.2. The standard InChI is InChI=1S/C17H18N2O2/c1-11-9-13-5-3-4-6-14(13)19(10-11)16-15(17(20)21)12(2)7-8-18-16/h3-8,11H,9-10H2,1-2H3,(H,20,21). The van der Waals surface area contributed by atoms with Crippen molar-refractivity contribution in [2.24, 2.45) is 5.92 Å². The first-order valence-electron chi connectivity index (χ1n) is 7.12. The van der Waals surface area contributed by atoms with Crippen molar-refractivity contribution in [2.45, 2.75) is 20.3 Å². The molecule has 1 N–H and O–H groups in total. The SMILES string of the molecule is Cc1ccnc(N2CC(C)Cc3ccccc32)c1C(=O)O. The van der Waals surface area contributed by atoms with Gasteiger partial charge < -0.3 is 10.0 Å². The molecule has 4 nitrogen and oxygen atoms in total. The van der Waals surface area contributed by atoms with Crippen LogP contribution in [0, 0.1) is 12.8 Å². The van der Waals surface area contributed by atoms with E-state index in [1.54, 1.807) is 12.3 Å². The summed E-state index contributed by atoms with van der Waals surface area (Å²) in [6.07, 6.45) is 2.69.